The van der Waals surface area contributed by atoms with Crippen LogP contribution in [0.5, 0.6) is 5.75 Å². The van der Waals surface area contributed by atoms with E-state index in [0.717, 1.165) is 0 Å². The lowest BCUT2D eigenvalue weighted by atomic mass is 10.3. The van der Waals surface area contributed by atoms with E-state index in [1.165, 1.54) is 0 Å². The maximum absolute atomic E-state index is 11.9. The van der Waals surface area contributed by atoms with E-state index in [2.05, 4.69) is 31.2 Å². The van der Waals surface area contributed by atoms with Gasteiger partial charge >= 0.3 is 0 Å². The predicted molar refractivity (Wildman–Crippen MR) is 79.7 cm³/mol. The lowest BCUT2D eigenvalue weighted by Gasteiger charge is -2.15. The Kier molecular flexibility index (Phi) is 5.03. The summed E-state index contributed by atoms with van der Waals surface area (Å²) in [6, 6.07) is 5.13. The Morgan fingerprint density at radius 2 is 2.40 bits per heavy atom. The van der Waals surface area contributed by atoms with Crippen molar-refractivity contribution in [2.24, 2.45) is 0 Å². The van der Waals surface area contributed by atoms with Gasteiger partial charge in [-0.25, -0.2) is 4.98 Å². The Balaban J connectivity index is 1.90. The number of aromatic amines is 1. The molecule has 106 valence electrons. The Hall–Kier alpha value is -1.53. The van der Waals surface area contributed by atoms with E-state index in [4.69, 9.17) is 16.3 Å². The van der Waals surface area contributed by atoms with Gasteiger partial charge in [-0.05, 0) is 41.1 Å². The molecule has 2 N–H and O–H groups in total. The first-order chi connectivity index (χ1) is 9.56. The zero-order chi connectivity index (χ0) is 14.5. The Morgan fingerprint density at radius 3 is 3.05 bits per heavy atom. The molecule has 1 amide bonds. The standard InChI is InChI=1S/C13H13BrClN3O2/c1-8(13(19)18-7-12-16-4-5-17-12)20-11-3-2-9(15)6-10(11)14/h2-6,8H,7H2,1H3,(H,16,17)(H,18,19). The fourth-order valence-electron chi connectivity index (χ4n) is 1.52. The summed E-state index contributed by atoms with van der Waals surface area (Å²) in [5.41, 5.74) is 0. The number of ether oxygens (including phenoxy) is 1. The van der Waals surface area contributed by atoms with Crippen molar-refractivity contribution in [1.29, 1.82) is 0 Å². The average Bonchev–Trinajstić information content (AvgIpc) is 2.92. The highest BCUT2D eigenvalue weighted by Gasteiger charge is 2.16. The molecule has 0 fully saturated rings. The molecular formula is C13H13BrClN3O2. The van der Waals surface area contributed by atoms with Gasteiger partial charge < -0.3 is 15.0 Å². The molecule has 0 aliphatic rings. The maximum atomic E-state index is 11.9. The van der Waals surface area contributed by atoms with Crippen molar-refractivity contribution >= 4 is 33.4 Å². The molecular weight excluding hydrogens is 346 g/mol. The summed E-state index contributed by atoms with van der Waals surface area (Å²) in [4.78, 5) is 18.8. The highest BCUT2D eigenvalue weighted by Crippen LogP contribution is 2.28. The molecule has 7 heteroatoms. The van der Waals surface area contributed by atoms with Gasteiger partial charge in [-0.1, -0.05) is 11.6 Å². The van der Waals surface area contributed by atoms with Crippen molar-refractivity contribution in [3.05, 3.63) is 45.9 Å². The van der Waals surface area contributed by atoms with E-state index in [-0.39, 0.29) is 5.91 Å². The first-order valence-electron chi connectivity index (χ1n) is 5.94. The molecule has 2 aromatic rings. The van der Waals surface area contributed by atoms with Gasteiger partial charge in [-0.3, -0.25) is 4.79 Å². The van der Waals surface area contributed by atoms with Crippen LogP contribution in [0, 0.1) is 0 Å². The number of imidazole rings is 1. The second-order valence-corrected chi connectivity index (χ2v) is 5.38. The molecule has 1 atom stereocenters. The lowest BCUT2D eigenvalue weighted by Crippen LogP contribution is -2.36. The van der Waals surface area contributed by atoms with E-state index in [0.29, 0.717) is 27.6 Å². The third-order valence-electron chi connectivity index (χ3n) is 2.55. The molecule has 2 rings (SSSR count). The van der Waals surface area contributed by atoms with Crippen molar-refractivity contribution in [2.45, 2.75) is 19.6 Å². The second-order valence-electron chi connectivity index (χ2n) is 4.09. The number of hydrogen-bond donors (Lipinski definition) is 2. The SMILES string of the molecule is CC(Oc1ccc(Cl)cc1Br)C(=O)NCc1ncc[nH]1. The quantitative estimate of drug-likeness (QED) is 0.863. The van der Waals surface area contributed by atoms with Crippen LogP contribution in [0.1, 0.15) is 12.7 Å². The van der Waals surface area contributed by atoms with Crippen LogP contribution in [-0.4, -0.2) is 22.0 Å². The van der Waals surface area contributed by atoms with Crippen LogP contribution in [0.2, 0.25) is 5.02 Å². The summed E-state index contributed by atoms with van der Waals surface area (Å²) < 4.78 is 6.29. The molecule has 1 aromatic heterocycles. The zero-order valence-electron chi connectivity index (χ0n) is 10.7. The number of carbonyl (C=O) groups is 1. The Labute approximate surface area is 129 Å². The fourth-order valence-corrected chi connectivity index (χ4v) is 2.30. The van der Waals surface area contributed by atoms with Gasteiger partial charge in [-0.2, -0.15) is 0 Å². The third kappa shape index (κ3) is 3.98. The smallest absolute Gasteiger partial charge is 0.261 e. The van der Waals surface area contributed by atoms with Gasteiger partial charge in [0.25, 0.3) is 5.91 Å². The molecule has 5 nitrogen and oxygen atoms in total. The fraction of sp³-hybridized carbons (Fsp3) is 0.231. The number of benzene rings is 1. The molecule has 1 aromatic carbocycles. The Bertz CT molecular complexity index is 589. The highest BCUT2D eigenvalue weighted by atomic mass is 79.9. The molecule has 0 bridgehead atoms. The number of carbonyl (C=O) groups excluding carboxylic acids is 1. The van der Waals surface area contributed by atoms with E-state index < -0.39 is 6.10 Å². The topological polar surface area (TPSA) is 67.0 Å². The van der Waals surface area contributed by atoms with Crippen LogP contribution in [0.15, 0.2) is 35.1 Å². The van der Waals surface area contributed by atoms with E-state index in [1.807, 2.05) is 0 Å². The first kappa shape index (κ1) is 14.9. The number of nitrogens with one attached hydrogen (secondary N) is 2. The summed E-state index contributed by atoms with van der Waals surface area (Å²) >= 11 is 9.19. The molecule has 1 unspecified atom stereocenters. The van der Waals surface area contributed by atoms with Gasteiger partial charge in [0.1, 0.15) is 11.6 Å². The van der Waals surface area contributed by atoms with Gasteiger partial charge in [0, 0.05) is 17.4 Å². The van der Waals surface area contributed by atoms with Gasteiger partial charge in [0.05, 0.1) is 11.0 Å². The highest BCUT2D eigenvalue weighted by molar-refractivity contribution is 9.10. The summed E-state index contributed by atoms with van der Waals surface area (Å²) in [5, 5.41) is 3.33. The molecule has 0 radical (unpaired) electrons. The molecule has 20 heavy (non-hydrogen) atoms. The minimum absolute atomic E-state index is 0.219. The summed E-state index contributed by atoms with van der Waals surface area (Å²) in [6.07, 6.45) is 2.71. The maximum Gasteiger partial charge on any atom is 0.261 e. The largest absolute Gasteiger partial charge is 0.480 e. The molecule has 0 saturated carbocycles. The molecule has 0 aliphatic heterocycles. The van der Waals surface area contributed by atoms with Crippen molar-refractivity contribution in [1.82, 2.24) is 15.3 Å². The van der Waals surface area contributed by atoms with Crippen molar-refractivity contribution in [3.8, 4) is 5.75 Å². The summed E-state index contributed by atoms with van der Waals surface area (Å²) in [5.74, 6) is 1.04. The van der Waals surface area contributed by atoms with Gasteiger partial charge in [0.2, 0.25) is 0 Å². The lowest BCUT2D eigenvalue weighted by molar-refractivity contribution is -0.127. The monoisotopic (exact) mass is 357 g/mol. The minimum atomic E-state index is -0.623. The molecule has 1 heterocycles. The average molecular weight is 359 g/mol. The van der Waals surface area contributed by atoms with Crippen LogP contribution >= 0.6 is 27.5 Å². The normalized spacial score (nSPS) is 11.9. The van der Waals surface area contributed by atoms with Crippen molar-refractivity contribution < 1.29 is 9.53 Å². The number of H-pyrrole nitrogens is 1. The molecule has 0 saturated heterocycles. The van der Waals surface area contributed by atoms with Crippen LogP contribution < -0.4 is 10.1 Å². The van der Waals surface area contributed by atoms with Gasteiger partial charge in [-0.15, -0.1) is 0 Å². The third-order valence-corrected chi connectivity index (χ3v) is 3.41. The zero-order valence-corrected chi connectivity index (χ0v) is 13.0. The predicted octanol–water partition coefficient (Wildman–Crippen LogP) is 2.91. The van der Waals surface area contributed by atoms with Crippen molar-refractivity contribution in [2.75, 3.05) is 0 Å². The number of rotatable bonds is 5. The van der Waals surface area contributed by atoms with E-state index in [9.17, 15) is 4.79 Å². The summed E-state index contributed by atoms with van der Waals surface area (Å²) in [7, 11) is 0. The summed E-state index contributed by atoms with van der Waals surface area (Å²) in [6.45, 7) is 2.01. The minimum Gasteiger partial charge on any atom is -0.480 e. The van der Waals surface area contributed by atoms with E-state index >= 15 is 0 Å². The number of aromatic nitrogens is 2. The second kappa shape index (κ2) is 6.76. The van der Waals surface area contributed by atoms with Crippen molar-refractivity contribution in [3.63, 3.8) is 0 Å². The Morgan fingerprint density at radius 1 is 1.60 bits per heavy atom. The van der Waals surface area contributed by atoms with Crippen LogP contribution in [0.3, 0.4) is 0 Å². The van der Waals surface area contributed by atoms with Crippen LogP contribution in [-0.2, 0) is 11.3 Å². The van der Waals surface area contributed by atoms with Crippen LogP contribution in [0.4, 0.5) is 0 Å². The van der Waals surface area contributed by atoms with Gasteiger partial charge in [0.15, 0.2) is 6.10 Å². The number of hydrogen-bond acceptors (Lipinski definition) is 3. The molecule has 0 spiro atoms. The number of amides is 1. The number of nitrogens with zero attached hydrogens (tertiary/aromatic N) is 1. The van der Waals surface area contributed by atoms with E-state index in [1.54, 1.807) is 37.5 Å². The molecule has 0 aliphatic carbocycles. The first-order valence-corrected chi connectivity index (χ1v) is 7.11. The van der Waals surface area contributed by atoms with Crippen LogP contribution in [0.25, 0.3) is 0 Å². The number of halogens is 2.